The molecule has 0 spiro atoms. The van der Waals surface area contributed by atoms with Crippen molar-refractivity contribution in [3.8, 4) is 0 Å². The lowest BCUT2D eigenvalue weighted by molar-refractivity contribution is -0.132. The zero-order valence-electron chi connectivity index (χ0n) is 9.89. The summed E-state index contributed by atoms with van der Waals surface area (Å²) in [6.45, 7) is 7.38. The third-order valence-corrected chi connectivity index (χ3v) is 2.84. The summed E-state index contributed by atoms with van der Waals surface area (Å²) < 4.78 is 0. The topological polar surface area (TPSA) is 98.2 Å². The van der Waals surface area contributed by atoms with Crippen molar-refractivity contribution >= 4 is 11.8 Å². The molecule has 88 valence electrons. The van der Waals surface area contributed by atoms with Gasteiger partial charge >= 0.3 is 0 Å². The molecular formula is C10H21N3O2. The van der Waals surface area contributed by atoms with Gasteiger partial charge in [-0.15, -0.1) is 0 Å². The summed E-state index contributed by atoms with van der Waals surface area (Å²) in [5.74, 6) is -0.601. The van der Waals surface area contributed by atoms with Crippen molar-refractivity contribution in [1.29, 1.82) is 0 Å². The number of amides is 2. The Bertz CT molecular complexity index is 254. The van der Waals surface area contributed by atoms with E-state index in [0.717, 1.165) is 0 Å². The highest BCUT2D eigenvalue weighted by atomic mass is 16.2. The van der Waals surface area contributed by atoms with Crippen molar-refractivity contribution in [2.75, 3.05) is 6.54 Å². The van der Waals surface area contributed by atoms with Crippen LogP contribution in [0.5, 0.6) is 0 Å². The van der Waals surface area contributed by atoms with E-state index in [1.807, 2.05) is 0 Å². The largest absolute Gasteiger partial charge is 0.370 e. The van der Waals surface area contributed by atoms with Crippen LogP contribution >= 0.6 is 0 Å². The van der Waals surface area contributed by atoms with E-state index >= 15 is 0 Å². The number of primary amides is 1. The van der Waals surface area contributed by atoms with Gasteiger partial charge in [0, 0.05) is 18.5 Å². The molecular weight excluding hydrogens is 194 g/mol. The first-order valence-corrected chi connectivity index (χ1v) is 4.94. The van der Waals surface area contributed by atoms with E-state index in [2.05, 4.69) is 5.32 Å². The number of carbonyl (C=O) groups excluding carboxylic acids is 2. The lowest BCUT2D eigenvalue weighted by atomic mass is 9.74. The molecule has 0 saturated heterocycles. The van der Waals surface area contributed by atoms with Crippen molar-refractivity contribution in [2.24, 2.45) is 16.9 Å². The highest BCUT2D eigenvalue weighted by Gasteiger charge is 2.40. The fourth-order valence-electron chi connectivity index (χ4n) is 0.813. The van der Waals surface area contributed by atoms with E-state index in [1.165, 1.54) is 0 Å². The van der Waals surface area contributed by atoms with Gasteiger partial charge in [-0.05, 0) is 27.7 Å². The summed E-state index contributed by atoms with van der Waals surface area (Å²) in [6, 6.07) is 0. The van der Waals surface area contributed by atoms with E-state index in [-0.39, 0.29) is 18.9 Å². The Balaban J connectivity index is 4.27. The Morgan fingerprint density at radius 1 is 1.20 bits per heavy atom. The minimum absolute atomic E-state index is 0.146. The maximum absolute atomic E-state index is 11.7. The zero-order valence-corrected chi connectivity index (χ0v) is 9.89. The summed E-state index contributed by atoms with van der Waals surface area (Å²) in [7, 11) is 0. The molecule has 0 aromatic heterocycles. The second kappa shape index (κ2) is 4.61. The molecule has 0 aliphatic rings. The lowest BCUT2D eigenvalue weighted by Crippen LogP contribution is -2.55. The van der Waals surface area contributed by atoms with Gasteiger partial charge in [-0.1, -0.05) is 0 Å². The lowest BCUT2D eigenvalue weighted by Gasteiger charge is -2.36. The molecule has 0 radical (unpaired) electrons. The molecule has 0 bridgehead atoms. The monoisotopic (exact) mass is 215 g/mol. The fraction of sp³-hybridized carbons (Fsp3) is 0.800. The van der Waals surface area contributed by atoms with Crippen LogP contribution in [0.4, 0.5) is 0 Å². The third kappa shape index (κ3) is 3.87. The average molecular weight is 215 g/mol. The Morgan fingerprint density at radius 3 is 2.00 bits per heavy atom. The Morgan fingerprint density at radius 2 is 1.67 bits per heavy atom. The van der Waals surface area contributed by atoms with Crippen LogP contribution in [-0.2, 0) is 9.59 Å². The maximum atomic E-state index is 11.7. The van der Waals surface area contributed by atoms with E-state index < -0.39 is 16.9 Å². The van der Waals surface area contributed by atoms with Gasteiger partial charge in [-0.25, -0.2) is 0 Å². The van der Waals surface area contributed by atoms with Gasteiger partial charge in [0.2, 0.25) is 11.8 Å². The molecule has 0 heterocycles. The summed E-state index contributed by atoms with van der Waals surface area (Å²) >= 11 is 0. The van der Waals surface area contributed by atoms with Gasteiger partial charge in [0.1, 0.15) is 0 Å². The Labute approximate surface area is 90.6 Å². The van der Waals surface area contributed by atoms with Crippen molar-refractivity contribution in [1.82, 2.24) is 5.32 Å². The molecule has 0 saturated carbocycles. The molecule has 5 nitrogen and oxygen atoms in total. The molecule has 0 aliphatic heterocycles. The van der Waals surface area contributed by atoms with Crippen LogP contribution in [0.15, 0.2) is 0 Å². The van der Waals surface area contributed by atoms with Crippen LogP contribution in [0.25, 0.3) is 0 Å². The van der Waals surface area contributed by atoms with Crippen LogP contribution in [-0.4, -0.2) is 23.9 Å². The molecule has 0 rings (SSSR count). The number of carbonyl (C=O) groups is 2. The normalized spacial score (nSPS) is 12.3. The van der Waals surface area contributed by atoms with Crippen LogP contribution in [0, 0.1) is 5.41 Å². The molecule has 5 N–H and O–H groups in total. The molecule has 0 aliphatic carbocycles. The van der Waals surface area contributed by atoms with Gasteiger partial charge < -0.3 is 16.8 Å². The first-order valence-electron chi connectivity index (χ1n) is 4.94. The second-order valence-electron chi connectivity index (χ2n) is 4.82. The highest BCUT2D eigenvalue weighted by Crippen LogP contribution is 2.28. The smallest absolute Gasteiger partial charge is 0.227 e. The summed E-state index contributed by atoms with van der Waals surface area (Å²) in [5.41, 5.74) is 9.54. The maximum Gasteiger partial charge on any atom is 0.227 e. The molecule has 0 aromatic carbocycles. The minimum Gasteiger partial charge on any atom is -0.370 e. The molecule has 15 heavy (non-hydrogen) atoms. The van der Waals surface area contributed by atoms with Crippen molar-refractivity contribution in [2.45, 2.75) is 39.7 Å². The predicted octanol–water partition coefficient (Wildman–Crippen LogP) is -0.258. The molecule has 0 atom stereocenters. The zero-order chi connectivity index (χ0) is 12.3. The first kappa shape index (κ1) is 13.9. The number of rotatable bonds is 5. The van der Waals surface area contributed by atoms with Crippen LogP contribution in [0.2, 0.25) is 0 Å². The fourth-order valence-corrected chi connectivity index (χ4v) is 0.813. The van der Waals surface area contributed by atoms with Gasteiger partial charge in [0.15, 0.2) is 0 Å². The Hall–Kier alpha value is -1.10. The minimum atomic E-state index is -0.690. The third-order valence-electron chi connectivity index (χ3n) is 2.84. The van der Waals surface area contributed by atoms with Crippen LogP contribution < -0.4 is 16.8 Å². The number of nitrogens with two attached hydrogens (primary N) is 2. The molecule has 5 heteroatoms. The van der Waals surface area contributed by atoms with Crippen molar-refractivity contribution in [3.05, 3.63) is 0 Å². The van der Waals surface area contributed by atoms with E-state index in [0.29, 0.717) is 0 Å². The predicted molar refractivity (Wildman–Crippen MR) is 58.9 cm³/mol. The van der Waals surface area contributed by atoms with Crippen LogP contribution in [0.1, 0.15) is 34.1 Å². The van der Waals surface area contributed by atoms with Gasteiger partial charge in [-0.3, -0.25) is 9.59 Å². The van der Waals surface area contributed by atoms with Crippen molar-refractivity contribution < 1.29 is 9.59 Å². The van der Waals surface area contributed by atoms with Crippen molar-refractivity contribution in [3.63, 3.8) is 0 Å². The molecule has 0 aromatic rings. The van der Waals surface area contributed by atoms with E-state index in [4.69, 9.17) is 11.5 Å². The van der Waals surface area contributed by atoms with Gasteiger partial charge in [0.25, 0.3) is 0 Å². The second-order valence-corrected chi connectivity index (χ2v) is 4.82. The standard InChI is InChI=1S/C10H21N3O2/c1-9(2,10(3,4)12)8(15)13-6-5-7(11)14/h5-6,12H2,1-4H3,(H2,11,14)(H,13,15). The van der Waals surface area contributed by atoms with E-state index in [9.17, 15) is 9.59 Å². The first-order chi connectivity index (χ1) is 6.59. The molecule has 2 amide bonds. The number of hydrogen-bond acceptors (Lipinski definition) is 3. The summed E-state index contributed by atoms with van der Waals surface area (Å²) in [6.07, 6.45) is 0.146. The SMILES string of the molecule is CC(C)(N)C(C)(C)C(=O)NCCC(N)=O. The van der Waals surface area contributed by atoms with Gasteiger partial charge in [0.05, 0.1) is 5.41 Å². The number of hydrogen-bond donors (Lipinski definition) is 3. The average Bonchev–Trinajstić information content (AvgIpc) is 2.01. The quantitative estimate of drug-likeness (QED) is 0.589. The van der Waals surface area contributed by atoms with Gasteiger partial charge in [-0.2, -0.15) is 0 Å². The van der Waals surface area contributed by atoms with Crippen LogP contribution in [0.3, 0.4) is 0 Å². The van der Waals surface area contributed by atoms with E-state index in [1.54, 1.807) is 27.7 Å². The molecule has 0 unspecified atom stereocenters. The molecule has 0 fully saturated rings. The number of nitrogens with one attached hydrogen (secondary N) is 1. The Kier molecular flexibility index (Phi) is 4.27. The summed E-state index contributed by atoms with van der Waals surface area (Å²) in [5, 5.41) is 2.64. The summed E-state index contributed by atoms with van der Waals surface area (Å²) in [4.78, 5) is 22.2. The highest BCUT2D eigenvalue weighted by molar-refractivity contribution is 5.84.